The first-order valence-corrected chi connectivity index (χ1v) is 7.69. The smallest absolute Gasteiger partial charge is 0.191 e. The highest BCUT2D eigenvalue weighted by Crippen LogP contribution is 2.25. The van der Waals surface area contributed by atoms with Gasteiger partial charge in [0.15, 0.2) is 5.16 Å². The molecule has 0 aliphatic heterocycles. The number of aliphatic hydroxyl groups excluding tert-OH is 1. The first kappa shape index (κ1) is 15.8. The van der Waals surface area contributed by atoms with Crippen molar-refractivity contribution in [3.05, 3.63) is 35.7 Å². The van der Waals surface area contributed by atoms with E-state index in [4.69, 9.17) is 10.5 Å². The van der Waals surface area contributed by atoms with Gasteiger partial charge in [0.05, 0.1) is 13.2 Å². The SMILES string of the molecule is COc1cccc(C(O)CSc2nnc(C)n2CCN)c1. The topological polar surface area (TPSA) is 86.2 Å². The lowest BCUT2D eigenvalue weighted by Crippen LogP contribution is -2.12. The lowest BCUT2D eigenvalue weighted by Gasteiger charge is -2.12. The Morgan fingerprint density at radius 2 is 2.24 bits per heavy atom. The second-order valence-electron chi connectivity index (χ2n) is 4.57. The molecule has 0 fully saturated rings. The second kappa shape index (κ2) is 7.44. The quantitative estimate of drug-likeness (QED) is 0.752. The summed E-state index contributed by atoms with van der Waals surface area (Å²) in [6.07, 6.45) is -0.589. The van der Waals surface area contributed by atoms with Crippen LogP contribution >= 0.6 is 11.8 Å². The van der Waals surface area contributed by atoms with Crippen molar-refractivity contribution in [2.75, 3.05) is 19.4 Å². The van der Waals surface area contributed by atoms with Crippen LogP contribution in [0.25, 0.3) is 0 Å². The van der Waals surface area contributed by atoms with E-state index in [1.807, 2.05) is 35.8 Å². The van der Waals surface area contributed by atoms with Crippen molar-refractivity contribution in [2.24, 2.45) is 5.73 Å². The van der Waals surface area contributed by atoms with Crippen LogP contribution in [0.4, 0.5) is 0 Å². The highest BCUT2D eigenvalue weighted by Gasteiger charge is 2.13. The highest BCUT2D eigenvalue weighted by atomic mass is 32.2. The number of hydrogen-bond donors (Lipinski definition) is 2. The molecule has 114 valence electrons. The Morgan fingerprint density at radius 3 is 2.95 bits per heavy atom. The molecule has 0 saturated carbocycles. The van der Waals surface area contributed by atoms with Crippen LogP contribution < -0.4 is 10.5 Å². The molecular weight excluding hydrogens is 288 g/mol. The molecule has 1 atom stereocenters. The summed E-state index contributed by atoms with van der Waals surface area (Å²) in [4.78, 5) is 0. The summed E-state index contributed by atoms with van der Waals surface area (Å²) in [5.41, 5.74) is 6.41. The molecule has 0 bridgehead atoms. The Morgan fingerprint density at radius 1 is 1.43 bits per heavy atom. The summed E-state index contributed by atoms with van der Waals surface area (Å²) in [6, 6.07) is 7.43. The van der Waals surface area contributed by atoms with Crippen molar-refractivity contribution in [3.63, 3.8) is 0 Å². The average molecular weight is 308 g/mol. The fourth-order valence-electron chi connectivity index (χ4n) is 1.95. The van der Waals surface area contributed by atoms with Gasteiger partial charge in [-0.15, -0.1) is 10.2 Å². The van der Waals surface area contributed by atoms with Gasteiger partial charge in [-0.05, 0) is 24.6 Å². The van der Waals surface area contributed by atoms with Crippen LogP contribution in [0.3, 0.4) is 0 Å². The van der Waals surface area contributed by atoms with Crippen molar-refractivity contribution in [2.45, 2.75) is 24.7 Å². The monoisotopic (exact) mass is 308 g/mol. The maximum atomic E-state index is 10.3. The molecule has 7 heteroatoms. The van der Waals surface area contributed by atoms with Crippen LogP contribution in [0.2, 0.25) is 0 Å². The molecule has 0 saturated heterocycles. The van der Waals surface area contributed by atoms with Crippen LogP contribution in [-0.4, -0.2) is 39.3 Å². The van der Waals surface area contributed by atoms with E-state index in [1.54, 1.807) is 7.11 Å². The molecule has 0 amide bonds. The average Bonchev–Trinajstić information content (AvgIpc) is 2.86. The Labute approximate surface area is 128 Å². The molecule has 0 spiro atoms. The molecule has 0 radical (unpaired) electrons. The minimum atomic E-state index is -0.589. The van der Waals surface area contributed by atoms with Crippen LogP contribution in [0, 0.1) is 6.92 Å². The molecule has 2 aromatic rings. The van der Waals surface area contributed by atoms with E-state index in [-0.39, 0.29) is 0 Å². The Kier molecular flexibility index (Phi) is 5.60. The van der Waals surface area contributed by atoms with Gasteiger partial charge >= 0.3 is 0 Å². The fourth-order valence-corrected chi connectivity index (χ4v) is 2.93. The number of aliphatic hydroxyl groups is 1. The van der Waals surface area contributed by atoms with E-state index in [0.717, 1.165) is 22.3 Å². The summed E-state index contributed by atoms with van der Waals surface area (Å²) in [7, 11) is 1.61. The van der Waals surface area contributed by atoms with Crippen molar-refractivity contribution >= 4 is 11.8 Å². The number of nitrogens with zero attached hydrogens (tertiary/aromatic N) is 3. The maximum absolute atomic E-state index is 10.3. The number of rotatable bonds is 7. The zero-order valence-electron chi connectivity index (χ0n) is 12.2. The molecule has 0 aliphatic carbocycles. The molecule has 1 aromatic heterocycles. The van der Waals surface area contributed by atoms with Gasteiger partial charge in [-0.1, -0.05) is 23.9 Å². The third kappa shape index (κ3) is 3.96. The molecule has 6 nitrogen and oxygen atoms in total. The summed E-state index contributed by atoms with van der Waals surface area (Å²) in [6.45, 7) is 3.10. The number of aromatic nitrogens is 3. The minimum absolute atomic E-state index is 0.496. The molecular formula is C14H20N4O2S. The van der Waals surface area contributed by atoms with Crippen molar-refractivity contribution in [1.82, 2.24) is 14.8 Å². The third-order valence-electron chi connectivity index (χ3n) is 3.10. The molecule has 21 heavy (non-hydrogen) atoms. The van der Waals surface area contributed by atoms with Gasteiger partial charge in [-0.2, -0.15) is 0 Å². The summed E-state index contributed by atoms with van der Waals surface area (Å²) >= 11 is 1.47. The van der Waals surface area contributed by atoms with Crippen LogP contribution in [-0.2, 0) is 6.54 Å². The summed E-state index contributed by atoms with van der Waals surface area (Å²) in [5.74, 6) is 2.06. The van der Waals surface area contributed by atoms with E-state index in [2.05, 4.69) is 10.2 Å². The normalized spacial score (nSPS) is 12.4. The third-order valence-corrected chi connectivity index (χ3v) is 4.15. The Hall–Kier alpha value is -1.57. The number of benzene rings is 1. The van der Waals surface area contributed by atoms with Crippen molar-refractivity contribution in [3.8, 4) is 5.75 Å². The lowest BCUT2D eigenvalue weighted by atomic mass is 10.1. The predicted octanol–water partition coefficient (Wildman–Crippen LogP) is 1.38. The van der Waals surface area contributed by atoms with Crippen LogP contribution in [0.5, 0.6) is 5.75 Å². The van der Waals surface area contributed by atoms with Crippen molar-refractivity contribution < 1.29 is 9.84 Å². The molecule has 2 rings (SSSR count). The van der Waals surface area contributed by atoms with Crippen molar-refractivity contribution in [1.29, 1.82) is 0 Å². The lowest BCUT2D eigenvalue weighted by molar-refractivity contribution is 0.203. The first-order chi connectivity index (χ1) is 10.2. The van der Waals surface area contributed by atoms with Gasteiger partial charge in [-0.25, -0.2) is 0 Å². The summed E-state index contributed by atoms with van der Waals surface area (Å²) < 4.78 is 7.13. The molecule has 1 heterocycles. The second-order valence-corrected chi connectivity index (χ2v) is 5.56. The molecule has 1 aromatic carbocycles. The predicted molar refractivity (Wildman–Crippen MR) is 82.5 cm³/mol. The standard InChI is InChI=1S/C14H20N4O2S/c1-10-16-17-14(18(10)7-6-15)21-9-13(19)11-4-3-5-12(8-11)20-2/h3-5,8,13,19H,6-7,9,15H2,1-2H3. The van der Waals surface area contributed by atoms with Gasteiger partial charge in [0.2, 0.25) is 0 Å². The van der Waals surface area contributed by atoms with E-state index in [0.29, 0.717) is 18.8 Å². The van der Waals surface area contributed by atoms with Gasteiger partial charge in [0.25, 0.3) is 0 Å². The van der Waals surface area contributed by atoms with Crippen LogP contribution in [0.1, 0.15) is 17.5 Å². The number of nitrogens with two attached hydrogens (primary N) is 1. The number of thioether (sulfide) groups is 1. The fraction of sp³-hybridized carbons (Fsp3) is 0.429. The van der Waals surface area contributed by atoms with E-state index < -0.39 is 6.10 Å². The maximum Gasteiger partial charge on any atom is 0.191 e. The number of ether oxygens (including phenoxy) is 1. The molecule has 3 N–H and O–H groups in total. The first-order valence-electron chi connectivity index (χ1n) is 6.70. The highest BCUT2D eigenvalue weighted by molar-refractivity contribution is 7.99. The Balaban J connectivity index is 2.02. The molecule has 1 unspecified atom stereocenters. The number of methoxy groups -OCH3 is 1. The van der Waals surface area contributed by atoms with Gasteiger partial charge in [-0.3, -0.25) is 0 Å². The Bertz CT molecular complexity index is 588. The van der Waals surface area contributed by atoms with Gasteiger partial charge in [0, 0.05) is 18.8 Å². The largest absolute Gasteiger partial charge is 0.497 e. The van der Waals surface area contributed by atoms with Gasteiger partial charge < -0.3 is 20.1 Å². The van der Waals surface area contributed by atoms with E-state index >= 15 is 0 Å². The van der Waals surface area contributed by atoms with E-state index in [1.165, 1.54) is 11.8 Å². The molecule has 0 aliphatic rings. The number of hydrogen-bond acceptors (Lipinski definition) is 6. The zero-order chi connectivity index (χ0) is 15.2. The minimum Gasteiger partial charge on any atom is -0.497 e. The zero-order valence-corrected chi connectivity index (χ0v) is 13.0. The summed E-state index contributed by atoms with van der Waals surface area (Å²) in [5, 5.41) is 19.2. The van der Waals surface area contributed by atoms with E-state index in [9.17, 15) is 5.11 Å². The number of aryl methyl sites for hydroxylation is 1. The van der Waals surface area contributed by atoms with Gasteiger partial charge in [0.1, 0.15) is 11.6 Å². The van der Waals surface area contributed by atoms with Crippen LogP contribution in [0.15, 0.2) is 29.4 Å².